The van der Waals surface area contributed by atoms with E-state index in [9.17, 15) is 33.6 Å². The number of morpholine rings is 1. The second-order valence-corrected chi connectivity index (χ2v) is 19.3. The van der Waals surface area contributed by atoms with E-state index < -0.39 is 35.6 Å². The van der Waals surface area contributed by atoms with E-state index in [1.807, 2.05) is 31.2 Å². The van der Waals surface area contributed by atoms with E-state index in [2.05, 4.69) is 20.4 Å². The predicted molar refractivity (Wildman–Crippen MR) is 253 cm³/mol. The number of aryl methyl sites for hydroxylation is 1. The van der Waals surface area contributed by atoms with Crippen LogP contribution in [0.25, 0.3) is 10.6 Å². The van der Waals surface area contributed by atoms with Crippen LogP contribution in [-0.2, 0) is 19.1 Å². The molecule has 0 radical (unpaired) electrons. The summed E-state index contributed by atoms with van der Waals surface area (Å²) in [5, 5.41) is 5.71. The molecular formula is C48H54N8O10S2. The van der Waals surface area contributed by atoms with Gasteiger partial charge in [-0.1, -0.05) is 30.7 Å². The Balaban J connectivity index is 0.765. The molecule has 68 heavy (non-hydrogen) atoms. The van der Waals surface area contributed by atoms with Crippen molar-refractivity contribution in [1.29, 1.82) is 0 Å². The lowest BCUT2D eigenvalue weighted by Gasteiger charge is -2.36. The van der Waals surface area contributed by atoms with E-state index in [4.69, 9.17) is 24.9 Å². The Kier molecular flexibility index (Phi) is 15.4. The lowest BCUT2D eigenvalue weighted by molar-refractivity contribution is -0.136. The molecule has 8 rings (SSSR count). The highest BCUT2D eigenvalue weighted by atomic mass is 32.2. The summed E-state index contributed by atoms with van der Waals surface area (Å²) in [7, 11) is 1.57. The maximum Gasteiger partial charge on any atom is 0.266 e. The summed E-state index contributed by atoms with van der Waals surface area (Å²) < 4.78 is 17.6. The highest BCUT2D eigenvalue weighted by Crippen LogP contribution is 2.41. The number of nitrogens with two attached hydrogens (primary N) is 1. The molecule has 20 heteroatoms. The molecule has 4 N–H and O–H groups in total. The minimum Gasteiger partial charge on any atom is -0.496 e. The molecule has 1 unspecified atom stereocenters. The van der Waals surface area contributed by atoms with Crippen LogP contribution in [0.3, 0.4) is 0 Å². The lowest BCUT2D eigenvalue weighted by Crippen LogP contribution is -2.54. The zero-order chi connectivity index (χ0) is 47.9. The summed E-state index contributed by atoms with van der Waals surface area (Å²) >= 11 is 2.98. The molecule has 18 nitrogen and oxygen atoms in total. The number of fused-ring (bicyclic) bond motifs is 1. The third kappa shape index (κ3) is 10.8. The van der Waals surface area contributed by atoms with E-state index in [0.717, 1.165) is 83.7 Å². The van der Waals surface area contributed by atoms with Crippen molar-refractivity contribution in [2.75, 3.05) is 84.2 Å². The third-order valence-electron chi connectivity index (χ3n) is 12.5. The topological polar surface area (TPSA) is 223 Å². The first-order valence-electron chi connectivity index (χ1n) is 22.7. The zero-order valence-electron chi connectivity index (χ0n) is 38.0. The molecule has 0 spiro atoms. The van der Waals surface area contributed by atoms with Crippen LogP contribution >= 0.6 is 23.1 Å². The van der Waals surface area contributed by atoms with Gasteiger partial charge in [-0.2, -0.15) is 0 Å². The second kappa shape index (κ2) is 21.7. The van der Waals surface area contributed by atoms with Gasteiger partial charge in [0.2, 0.25) is 17.7 Å². The number of aromatic nitrogens is 1. The van der Waals surface area contributed by atoms with Crippen molar-refractivity contribution in [2.24, 2.45) is 5.73 Å². The number of benzene rings is 3. The smallest absolute Gasteiger partial charge is 0.266 e. The number of carbonyl (C=O) groups excluding carboxylic acids is 7. The normalized spacial score (nSPS) is 17.6. The molecule has 4 aliphatic heterocycles. The molecule has 0 saturated carbocycles. The Labute approximate surface area is 401 Å². The summed E-state index contributed by atoms with van der Waals surface area (Å²) in [4.78, 5) is 102. The molecule has 1 aromatic heterocycles. The van der Waals surface area contributed by atoms with Gasteiger partial charge in [-0.05, 0) is 80.8 Å². The molecule has 3 fully saturated rings. The number of anilines is 1. The number of hydrogen-bond acceptors (Lipinski definition) is 15. The Hall–Kier alpha value is -6.35. The molecule has 1 atom stereocenters. The van der Waals surface area contributed by atoms with Gasteiger partial charge in [0.1, 0.15) is 22.5 Å². The van der Waals surface area contributed by atoms with Gasteiger partial charge in [-0.25, -0.2) is 4.98 Å². The number of piperidine rings is 1. The molecular weight excluding hydrogens is 913 g/mol. The lowest BCUT2D eigenvalue weighted by atomic mass is 10.0. The maximum absolute atomic E-state index is 13.5. The van der Waals surface area contributed by atoms with Crippen LogP contribution in [0.2, 0.25) is 0 Å². The number of nitrogens with zero attached hydrogens (tertiary/aromatic N) is 5. The number of nitrogens with one attached hydrogen (secondary N) is 2. The monoisotopic (exact) mass is 966 g/mol. The molecule has 3 saturated heterocycles. The maximum atomic E-state index is 13.5. The molecule has 4 aromatic rings. The van der Waals surface area contributed by atoms with Crippen molar-refractivity contribution < 1.29 is 47.8 Å². The van der Waals surface area contributed by atoms with Gasteiger partial charge in [-0.3, -0.25) is 48.7 Å². The highest BCUT2D eigenvalue weighted by molar-refractivity contribution is 8.01. The average molecular weight is 967 g/mol. The Bertz CT molecular complexity index is 2610. The minimum atomic E-state index is -1.09. The van der Waals surface area contributed by atoms with E-state index in [1.165, 1.54) is 35.2 Å². The van der Waals surface area contributed by atoms with Crippen molar-refractivity contribution in [2.45, 2.75) is 60.6 Å². The van der Waals surface area contributed by atoms with Crippen molar-refractivity contribution in [1.82, 2.24) is 30.3 Å². The van der Waals surface area contributed by atoms with Crippen LogP contribution in [0.15, 0.2) is 63.8 Å². The van der Waals surface area contributed by atoms with Crippen LogP contribution in [-0.4, -0.2) is 146 Å². The Morgan fingerprint density at radius 3 is 2.44 bits per heavy atom. The van der Waals surface area contributed by atoms with E-state index >= 15 is 0 Å². The van der Waals surface area contributed by atoms with E-state index in [0.29, 0.717) is 60.3 Å². The fourth-order valence-corrected chi connectivity index (χ4v) is 10.8. The number of hydrogen-bond donors (Lipinski definition) is 3. The number of primary amides is 1. The van der Waals surface area contributed by atoms with Crippen LogP contribution in [0.4, 0.5) is 5.69 Å². The quantitative estimate of drug-likeness (QED) is 0.0943. The van der Waals surface area contributed by atoms with E-state index in [-0.39, 0.29) is 48.1 Å². The largest absolute Gasteiger partial charge is 0.496 e. The van der Waals surface area contributed by atoms with Gasteiger partial charge in [0.15, 0.2) is 6.61 Å². The first-order chi connectivity index (χ1) is 32.9. The summed E-state index contributed by atoms with van der Waals surface area (Å²) in [5.74, 6) is -2.87. The highest BCUT2D eigenvalue weighted by Gasteiger charge is 2.46. The van der Waals surface area contributed by atoms with Crippen molar-refractivity contribution in [3.05, 3.63) is 82.5 Å². The molecule has 0 bridgehead atoms. The number of amides is 7. The minimum absolute atomic E-state index is 0.00196. The van der Waals surface area contributed by atoms with Gasteiger partial charge in [0.25, 0.3) is 23.6 Å². The van der Waals surface area contributed by atoms with Gasteiger partial charge in [0, 0.05) is 73.9 Å². The summed E-state index contributed by atoms with van der Waals surface area (Å²) in [6, 6.07) is 12.9. The molecule has 5 heterocycles. The number of carbonyl (C=O) groups is 7. The molecule has 4 aliphatic rings. The fraction of sp³-hybridized carbons (Fsp3) is 0.417. The molecule has 7 amide bonds. The molecule has 3 aromatic carbocycles. The Morgan fingerprint density at radius 1 is 0.912 bits per heavy atom. The molecule has 0 aliphatic carbocycles. The van der Waals surface area contributed by atoms with Crippen LogP contribution in [0, 0.1) is 6.92 Å². The standard InChI is InChI=1S/C48H54N8O10S2/c1-29-24-37(64-2)34(46(61)55-20-22-65-23-21-55)26-38(29)67-41-27-51-45(68-41)33-25-30(10-11-31(33)43(49)59)54-18-16-53(17-19-54)15-6-4-3-5-14-50-40(58)28-66-36-9-7-8-32-42(36)48(63)56(47(32)62)35-12-13-39(57)52-44(35)60/h7-11,24-27,35H,3-6,12-23,28H2,1-2H3,(H2,49,59)(H,50,58)(H,52,57,60). The number of thiazole rings is 1. The van der Waals surface area contributed by atoms with E-state index in [1.54, 1.807) is 30.3 Å². The SMILES string of the molecule is COc1cc(C)c(Sc2cnc(-c3cc(N4CCN(CCCCCCNC(=O)COc5cccc6c5C(=O)N(C5CCC(=O)NC5=O)C6=O)CC4)ccc3C(N)=O)s2)cc1C(=O)N1CCOCC1. The van der Waals surface area contributed by atoms with Gasteiger partial charge in [-0.15, -0.1) is 11.3 Å². The first-order valence-corrected chi connectivity index (χ1v) is 24.4. The number of rotatable bonds is 18. The number of imide groups is 2. The van der Waals surface area contributed by atoms with Crippen LogP contribution in [0.1, 0.15) is 85.5 Å². The van der Waals surface area contributed by atoms with Crippen molar-refractivity contribution >= 4 is 70.1 Å². The number of ether oxygens (including phenoxy) is 3. The van der Waals surface area contributed by atoms with Crippen molar-refractivity contribution in [3.8, 4) is 22.1 Å². The van der Waals surface area contributed by atoms with Gasteiger partial charge < -0.3 is 35.1 Å². The van der Waals surface area contributed by atoms with Crippen LogP contribution in [0.5, 0.6) is 11.5 Å². The van der Waals surface area contributed by atoms with Crippen molar-refractivity contribution in [3.63, 3.8) is 0 Å². The summed E-state index contributed by atoms with van der Waals surface area (Å²) in [5.41, 5.74) is 9.48. The zero-order valence-corrected chi connectivity index (χ0v) is 39.6. The number of piperazine rings is 1. The first kappa shape index (κ1) is 48.1. The summed E-state index contributed by atoms with van der Waals surface area (Å²) in [6.45, 7) is 8.52. The predicted octanol–water partition coefficient (Wildman–Crippen LogP) is 4.13. The number of methoxy groups -OCH3 is 1. The third-order valence-corrected chi connectivity index (χ3v) is 14.8. The van der Waals surface area contributed by atoms with Crippen LogP contribution < -0.4 is 30.7 Å². The van der Waals surface area contributed by atoms with Gasteiger partial charge in [0.05, 0.1) is 47.4 Å². The fourth-order valence-electron chi connectivity index (χ4n) is 8.77. The second-order valence-electron chi connectivity index (χ2n) is 16.9. The Morgan fingerprint density at radius 2 is 1.69 bits per heavy atom. The van der Waals surface area contributed by atoms with Gasteiger partial charge >= 0.3 is 0 Å². The summed E-state index contributed by atoms with van der Waals surface area (Å²) in [6.07, 6.45) is 5.58. The molecule has 358 valence electrons. The number of unbranched alkanes of at least 4 members (excludes halogenated alkanes) is 3. The average Bonchev–Trinajstić information content (AvgIpc) is 3.92.